The third-order valence-corrected chi connectivity index (χ3v) is 5.13. The van der Waals surface area contributed by atoms with Crippen molar-refractivity contribution < 1.29 is 4.74 Å². The maximum Gasteiger partial charge on any atom is 0.124 e. The lowest BCUT2D eigenvalue weighted by molar-refractivity contribution is 0.164. The molecule has 2 unspecified atom stereocenters. The van der Waals surface area contributed by atoms with Gasteiger partial charge in [0.05, 0.1) is 7.11 Å². The Labute approximate surface area is 138 Å². The highest BCUT2D eigenvalue weighted by Gasteiger charge is 2.35. The highest BCUT2D eigenvalue weighted by molar-refractivity contribution is 6.31. The second-order valence-corrected chi connectivity index (χ2v) is 6.51. The van der Waals surface area contributed by atoms with E-state index < -0.39 is 0 Å². The van der Waals surface area contributed by atoms with Crippen LogP contribution >= 0.6 is 24.0 Å². The molecule has 1 aromatic carbocycles. The van der Waals surface area contributed by atoms with Crippen molar-refractivity contribution in [2.75, 3.05) is 14.2 Å². The van der Waals surface area contributed by atoms with Gasteiger partial charge in [-0.1, -0.05) is 17.7 Å². The van der Waals surface area contributed by atoms with E-state index in [0.29, 0.717) is 18.1 Å². The standard InChI is InChI=1S/C16H23ClN2O.ClH/c1-19(13-8-11-6-7-12(9-13)18-11)10-14-15(17)4-3-5-16(14)20-2;/h3-5,11-13,18H,6-10H2,1-2H3;1H. The first kappa shape index (κ1) is 16.9. The number of halogens is 2. The van der Waals surface area contributed by atoms with Gasteiger partial charge in [-0.05, 0) is 44.9 Å². The summed E-state index contributed by atoms with van der Waals surface area (Å²) in [5, 5.41) is 4.49. The Morgan fingerprint density at radius 1 is 1.29 bits per heavy atom. The maximum atomic E-state index is 6.34. The number of nitrogens with one attached hydrogen (secondary N) is 1. The molecule has 2 bridgehead atoms. The molecule has 0 saturated carbocycles. The predicted molar refractivity (Wildman–Crippen MR) is 89.7 cm³/mol. The van der Waals surface area contributed by atoms with E-state index in [1.165, 1.54) is 25.7 Å². The highest BCUT2D eigenvalue weighted by Crippen LogP contribution is 2.32. The maximum absolute atomic E-state index is 6.34. The number of fused-ring (bicyclic) bond motifs is 2. The molecule has 118 valence electrons. The molecule has 0 aromatic heterocycles. The molecule has 0 radical (unpaired) electrons. The second-order valence-electron chi connectivity index (χ2n) is 6.10. The van der Waals surface area contributed by atoms with Crippen LogP contribution in [0.5, 0.6) is 5.75 Å². The lowest BCUT2D eigenvalue weighted by atomic mass is 9.98. The molecule has 2 saturated heterocycles. The minimum Gasteiger partial charge on any atom is -0.496 e. The van der Waals surface area contributed by atoms with Crippen molar-refractivity contribution >= 4 is 24.0 Å². The van der Waals surface area contributed by atoms with Crippen molar-refractivity contribution in [1.82, 2.24) is 10.2 Å². The number of nitrogens with zero attached hydrogens (tertiary/aromatic N) is 1. The van der Waals surface area contributed by atoms with E-state index in [4.69, 9.17) is 16.3 Å². The quantitative estimate of drug-likeness (QED) is 0.914. The van der Waals surface area contributed by atoms with Crippen LogP contribution in [0.4, 0.5) is 0 Å². The highest BCUT2D eigenvalue weighted by atomic mass is 35.5. The SMILES string of the molecule is COc1cccc(Cl)c1CN(C)C1CC2CCC(C1)N2.Cl. The van der Waals surface area contributed by atoms with Crippen LogP contribution < -0.4 is 10.1 Å². The third kappa shape index (κ3) is 3.65. The van der Waals surface area contributed by atoms with Gasteiger partial charge in [0.1, 0.15) is 5.75 Å². The lowest BCUT2D eigenvalue weighted by Gasteiger charge is -2.36. The number of piperidine rings is 1. The van der Waals surface area contributed by atoms with Gasteiger partial charge in [0, 0.05) is 35.3 Å². The van der Waals surface area contributed by atoms with Gasteiger partial charge >= 0.3 is 0 Å². The molecule has 2 heterocycles. The van der Waals surface area contributed by atoms with E-state index in [-0.39, 0.29) is 12.4 Å². The van der Waals surface area contributed by atoms with Crippen LogP contribution in [0.3, 0.4) is 0 Å². The van der Waals surface area contributed by atoms with E-state index in [9.17, 15) is 0 Å². The number of hydrogen-bond donors (Lipinski definition) is 1. The molecular formula is C16H24Cl2N2O. The Bertz CT molecular complexity index is 471. The summed E-state index contributed by atoms with van der Waals surface area (Å²) in [6, 6.07) is 7.95. The van der Waals surface area contributed by atoms with Crippen LogP contribution in [0.2, 0.25) is 5.02 Å². The normalized spacial score (nSPS) is 27.5. The van der Waals surface area contributed by atoms with E-state index in [2.05, 4.69) is 17.3 Å². The number of ether oxygens (including phenoxy) is 1. The summed E-state index contributed by atoms with van der Waals surface area (Å²) >= 11 is 6.34. The fourth-order valence-electron chi connectivity index (χ4n) is 3.65. The van der Waals surface area contributed by atoms with Gasteiger partial charge in [-0.2, -0.15) is 0 Å². The van der Waals surface area contributed by atoms with Crippen LogP contribution in [0.15, 0.2) is 18.2 Å². The van der Waals surface area contributed by atoms with Crippen LogP contribution in [-0.2, 0) is 6.54 Å². The fourth-order valence-corrected chi connectivity index (χ4v) is 3.87. The van der Waals surface area contributed by atoms with Gasteiger partial charge < -0.3 is 10.1 Å². The van der Waals surface area contributed by atoms with E-state index in [1.807, 2.05) is 18.2 Å². The Balaban J connectivity index is 0.00000161. The number of hydrogen-bond acceptors (Lipinski definition) is 3. The molecule has 21 heavy (non-hydrogen) atoms. The molecule has 0 amide bonds. The Morgan fingerprint density at radius 2 is 1.95 bits per heavy atom. The molecule has 0 aliphatic carbocycles. The Kier molecular flexibility index (Phi) is 5.78. The molecule has 0 spiro atoms. The first-order chi connectivity index (χ1) is 9.67. The third-order valence-electron chi connectivity index (χ3n) is 4.77. The second kappa shape index (κ2) is 7.19. The summed E-state index contributed by atoms with van der Waals surface area (Å²) in [4.78, 5) is 2.44. The molecule has 1 N–H and O–H groups in total. The average molecular weight is 331 g/mol. The summed E-state index contributed by atoms with van der Waals surface area (Å²) in [7, 11) is 3.91. The number of benzene rings is 1. The Hall–Kier alpha value is -0.480. The first-order valence-corrected chi connectivity index (χ1v) is 7.83. The molecule has 3 nitrogen and oxygen atoms in total. The molecule has 2 aliphatic heterocycles. The summed E-state index contributed by atoms with van der Waals surface area (Å²) in [6.07, 6.45) is 5.17. The van der Waals surface area contributed by atoms with Gasteiger partial charge in [-0.15, -0.1) is 12.4 Å². The largest absolute Gasteiger partial charge is 0.496 e. The fraction of sp³-hybridized carbons (Fsp3) is 0.625. The molecule has 5 heteroatoms. The van der Waals surface area contributed by atoms with Crippen molar-refractivity contribution in [1.29, 1.82) is 0 Å². The van der Waals surface area contributed by atoms with Gasteiger partial charge in [0.25, 0.3) is 0 Å². The van der Waals surface area contributed by atoms with Crippen molar-refractivity contribution in [3.05, 3.63) is 28.8 Å². The van der Waals surface area contributed by atoms with Crippen LogP contribution in [-0.4, -0.2) is 37.2 Å². The van der Waals surface area contributed by atoms with E-state index in [0.717, 1.165) is 22.9 Å². The Morgan fingerprint density at radius 3 is 2.57 bits per heavy atom. The molecule has 3 rings (SSSR count). The summed E-state index contributed by atoms with van der Waals surface area (Å²) in [5.41, 5.74) is 1.10. The summed E-state index contributed by atoms with van der Waals surface area (Å²) in [6.45, 7) is 0.854. The van der Waals surface area contributed by atoms with Crippen molar-refractivity contribution in [3.63, 3.8) is 0 Å². The zero-order valence-corrected chi connectivity index (χ0v) is 14.2. The topological polar surface area (TPSA) is 24.5 Å². The molecule has 2 atom stereocenters. The van der Waals surface area contributed by atoms with Crippen LogP contribution in [0, 0.1) is 0 Å². The van der Waals surface area contributed by atoms with Crippen molar-refractivity contribution in [2.45, 2.75) is 50.4 Å². The minimum absolute atomic E-state index is 0. The van der Waals surface area contributed by atoms with Crippen LogP contribution in [0.1, 0.15) is 31.2 Å². The van der Waals surface area contributed by atoms with Crippen molar-refractivity contribution in [3.8, 4) is 5.75 Å². The van der Waals surface area contributed by atoms with Gasteiger partial charge in [-0.25, -0.2) is 0 Å². The molecule has 2 aliphatic rings. The average Bonchev–Trinajstić information content (AvgIpc) is 2.79. The monoisotopic (exact) mass is 330 g/mol. The summed E-state index contributed by atoms with van der Waals surface area (Å²) < 4.78 is 5.45. The van der Waals surface area contributed by atoms with Gasteiger partial charge in [-0.3, -0.25) is 4.90 Å². The number of methoxy groups -OCH3 is 1. The van der Waals surface area contributed by atoms with E-state index in [1.54, 1.807) is 7.11 Å². The zero-order valence-electron chi connectivity index (χ0n) is 12.6. The van der Waals surface area contributed by atoms with E-state index >= 15 is 0 Å². The van der Waals surface area contributed by atoms with Crippen molar-refractivity contribution in [2.24, 2.45) is 0 Å². The molecule has 1 aromatic rings. The molecular weight excluding hydrogens is 307 g/mol. The molecule has 2 fully saturated rings. The van der Waals surface area contributed by atoms with Gasteiger partial charge in [0.2, 0.25) is 0 Å². The predicted octanol–water partition coefficient (Wildman–Crippen LogP) is 3.49. The number of rotatable bonds is 4. The van der Waals surface area contributed by atoms with Crippen LogP contribution in [0.25, 0.3) is 0 Å². The smallest absolute Gasteiger partial charge is 0.124 e. The lowest BCUT2D eigenvalue weighted by Crippen LogP contribution is -2.46. The first-order valence-electron chi connectivity index (χ1n) is 7.45. The zero-order chi connectivity index (χ0) is 14.1. The summed E-state index contributed by atoms with van der Waals surface area (Å²) in [5.74, 6) is 0.890. The van der Waals surface area contributed by atoms with Gasteiger partial charge in [0.15, 0.2) is 0 Å². The minimum atomic E-state index is 0.